The number of nitrogens with zero attached hydrogens (tertiary/aromatic N) is 4. The molecule has 1 atom stereocenters. The molecule has 13 aromatic rings. The largest absolute Gasteiger partial charge is 0.456 e. The van der Waals surface area contributed by atoms with E-state index < -0.39 is 0 Å². The second-order valence-corrected chi connectivity index (χ2v) is 18.0. The molecule has 0 bridgehead atoms. The average Bonchev–Trinajstić information content (AvgIpc) is 4.01. The van der Waals surface area contributed by atoms with Crippen molar-refractivity contribution in [2.45, 2.75) is 12.3 Å². The molecule has 3 aromatic heterocycles. The summed E-state index contributed by atoms with van der Waals surface area (Å²) in [6.45, 7) is 0. The molecule has 0 N–H and O–H groups in total. The van der Waals surface area contributed by atoms with Gasteiger partial charge >= 0.3 is 0 Å². The van der Waals surface area contributed by atoms with Crippen LogP contribution in [0.15, 0.2) is 227 Å². The lowest BCUT2D eigenvalue weighted by atomic mass is 9.85. The fourth-order valence-electron chi connectivity index (χ4n) is 11.5. The lowest BCUT2D eigenvalue weighted by Crippen LogP contribution is -2.18. The van der Waals surface area contributed by atoms with Crippen LogP contribution in [0.5, 0.6) is 0 Å². The maximum Gasteiger partial charge on any atom is 0.160 e. The summed E-state index contributed by atoms with van der Waals surface area (Å²) in [6, 6.07) is 74.5. The van der Waals surface area contributed by atoms with Crippen molar-refractivity contribution in [2.24, 2.45) is 9.98 Å². The minimum atomic E-state index is -0.0857. The number of allylic oxidation sites excluding steroid dienone is 1. The topological polar surface area (TPSA) is 47.7 Å². The maximum atomic E-state index is 6.72. The molecule has 0 amide bonds. The van der Waals surface area contributed by atoms with E-state index in [0.717, 1.165) is 77.5 Å². The highest BCUT2D eigenvalue weighted by atomic mass is 16.3. The van der Waals surface area contributed by atoms with E-state index in [1.54, 1.807) is 0 Å². The van der Waals surface area contributed by atoms with Crippen LogP contribution in [0, 0.1) is 0 Å². The molecule has 0 aliphatic carbocycles. The summed E-state index contributed by atoms with van der Waals surface area (Å²) in [7, 11) is 0. The van der Waals surface area contributed by atoms with Crippen LogP contribution < -0.4 is 0 Å². The Hall–Kier alpha value is -8.80. The van der Waals surface area contributed by atoms with Gasteiger partial charge in [-0.2, -0.15) is 0 Å². The van der Waals surface area contributed by atoms with E-state index in [9.17, 15) is 0 Å². The molecule has 10 aromatic carbocycles. The molecule has 5 heterocycles. The van der Waals surface area contributed by atoms with Gasteiger partial charge in [0.2, 0.25) is 0 Å². The Labute approximate surface area is 384 Å². The molecule has 15 rings (SSSR count). The minimum absolute atomic E-state index is 0.0857. The van der Waals surface area contributed by atoms with Crippen LogP contribution in [-0.4, -0.2) is 20.7 Å². The standard InChI is InChI=1S/C62H38N4O/c1-2-17-39-36-55-50(35-38(39)16-1)43-22-7-11-29-54(43)66(55)61-47(32-34-57-58(61)48-23-8-12-30-56(48)67-57)51-33-31-44-41-20-5-9-27-52(41)65-53-28-10-6-21-42(53)45-24-14-26-49(60(45)65)59(44)64-62(63-51)46-25-13-18-37-15-3-4-19-40(37)46/h1-30,32-36,44H,31H2. The van der Waals surface area contributed by atoms with Crippen LogP contribution >= 0.6 is 0 Å². The first-order valence-electron chi connectivity index (χ1n) is 23.1. The second-order valence-electron chi connectivity index (χ2n) is 18.0. The number of hydrogen-bond acceptors (Lipinski definition) is 3. The quantitative estimate of drug-likeness (QED) is 0.175. The highest BCUT2D eigenvalue weighted by Gasteiger charge is 2.33. The van der Waals surface area contributed by atoms with Gasteiger partial charge in [-0.1, -0.05) is 164 Å². The third-order valence-electron chi connectivity index (χ3n) is 14.4. The van der Waals surface area contributed by atoms with Crippen molar-refractivity contribution < 1.29 is 4.42 Å². The third-order valence-corrected chi connectivity index (χ3v) is 14.4. The molecular formula is C62H38N4O. The third kappa shape index (κ3) is 5.19. The number of benzene rings is 10. The van der Waals surface area contributed by atoms with E-state index in [1.807, 2.05) is 0 Å². The molecule has 5 heteroatoms. The van der Waals surface area contributed by atoms with Crippen molar-refractivity contribution in [1.29, 1.82) is 0 Å². The number of aromatic nitrogens is 2. The van der Waals surface area contributed by atoms with E-state index in [0.29, 0.717) is 12.3 Å². The smallest absolute Gasteiger partial charge is 0.160 e. The van der Waals surface area contributed by atoms with Crippen molar-refractivity contribution in [3.63, 3.8) is 0 Å². The predicted octanol–water partition coefficient (Wildman–Crippen LogP) is 15.9. The molecule has 1 unspecified atom stereocenters. The second kappa shape index (κ2) is 13.9. The summed E-state index contributed by atoms with van der Waals surface area (Å²) in [5.74, 6) is 0.593. The molecular weight excluding hydrogens is 817 g/mol. The normalized spacial score (nSPS) is 14.9. The first-order valence-corrected chi connectivity index (χ1v) is 23.1. The van der Waals surface area contributed by atoms with Crippen molar-refractivity contribution in [3.05, 3.63) is 235 Å². The molecule has 67 heavy (non-hydrogen) atoms. The van der Waals surface area contributed by atoms with Crippen LogP contribution in [-0.2, 0) is 0 Å². The monoisotopic (exact) mass is 854 g/mol. The number of hydrogen-bond donors (Lipinski definition) is 0. The Morgan fingerprint density at radius 2 is 1.07 bits per heavy atom. The SMILES string of the molecule is C1=C(c2ccc3oc4ccccc4c3c2-n2c3ccccc3c3cc4ccccc4cc32)N=C(c2cccc3ccccc23)N=C2c3cccc4c5ccccc5n(c34)-c3ccccc3C2C1. The molecule has 2 aliphatic heterocycles. The number of aliphatic imine (C=N–C) groups is 2. The number of rotatable bonds is 3. The van der Waals surface area contributed by atoms with Gasteiger partial charge in [0.05, 0.1) is 50.2 Å². The van der Waals surface area contributed by atoms with Crippen LogP contribution in [0.2, 0.25) is 0 Å². The number of furan rings is 1. The van der Waals surface area contributed by atoms with Gasteiger partial charge in [-0.15, -0.1) is 0 Å². The number of amidine groups is 1. The van der Waals surface area contributed by atoms with Gasteiger partial charge in [0, 0.05) is 49.5 Å². The summed E-state index contributed by atoms with van der Waals surface area (Å²) in [5.41, 5.74) is 14.8. The minimum Gasteiger partial charge on any atom is -0.456 e. The molecule has 2 aliphatic rings. The van der Waals surface area contributed by atoms with Crippen molar-refractivity contribution in [3.8, 4) is 11.4 Å². The van der Waals surface area contributed by atoms with Gasteiger partial charge in [-0.25, -0.2) is 9.98 Å². The Balaban J connectivity index is 1.08. The fourth-order valence-corrected chi connectivity index (χ4v) is 11.5. The molecule has 0 spiro atoms. The summed E-state index contributed by atoms with van der Waals surface area (Å²) in [4.78, 5) is 11.8. The Morgan fingerprint density at radius 3 is 1.94 bits per heavy atom. The summed E-state index contributed by atoms with van der Waals surface area (Å²) in [5, 5.41) is 11.6. The Bertz CT molecular complexity index is 4380. The van der Waals surface area contributed by atoms with Crippen LogP contribution in [0.1, 0.15) is 34.6 Å². The van der Waals surface area contributed by atoms with E-state index >= 15 is 0 Å². The maximum absolute atomic E-state index is 6.72. The Kier molecular flexibility index (Phi) is 7.55. The zero-order valence-corrected chi connectivity index (χ0v) is 36.2. The zero-order valence-electron chi connectivity index (χ0n) is 36.2. The average molecular weight is 855 g/mol. The lowest BCUT2D eigenvalue weighted by Gasteiger charge is -2.23. The number of para-hydroxylation sites is 5. The van der Waals surface area contributed by atoms with E-state index in [1.165, 1.54) is 54.6 Å². The highest BCUT2D eigenvalue weighted by molar-refractivity contribution is 6.26. The van der Waals surface area contributed by atoms with Crippen LogP contribution in [0.4, 0.5) is 0 Å². The predicted molar refractivity (Wildman–Crippen MR) is 279 cm³/mol. The van der Waals surface area contributed by atoms with E-state index in [4.69, 9.17) is 14.4 Å². The summed E-state index contributed by atoms with van der Waals surface area (Å²) in [6.07, 6.45) is 3.06. The molecule has 0 fully saturated rings. The van der Waals surface area contributed by atoms with Crippen LogP contribution in [0.25, 0.3) is 104 Å². The van der Waals surface area contributed by atoms with E-state index in [2.05, 4.69) is 221 Å². The van der Waals surface area contributed by atoms with Crippen molar-refractivity contribution in [2.75, 3.05) is 0 Å². The fraction of sp³-hybridized carbons (Fsp3) is 0.0323. The highest BCUT2D eigenvalue weighted by Crippen LogP contribution is 2.47. The van der Waals surface area contributed by atoms with Gasteiger partial charge in [-0.3, -0.25) is 0 Å². The van der Waals surface area contributed by atoms with Gasteiger partial charge in [0.25, 0.3) is 0 Å². The van der Waals surface area contributed by atoms with Crippen molar-refractivity contribution in [1.82, 2.24) is 9.13 Å². The molecule has 0 saturated heterocycles. The summed E-state index contributed by atoms with van der Waals surface area (Å²) >= 11 is 0. The first-order chi connectivity index (χ1) is 33.2. The first kappa shape index (κ1) is 36.5. The molecule has 5 nitrogen and oxygen atoms in total. The number of fused-ring (bicyclic) bond motifs is 16. The summed E-state index contributed by atoms with van der Waals surface area (Å²) < 4.78 is 11.7. The molecule has 312 valence electrons. The molecule has 0 radical (unpaired) electrons. The van der Waals surface area contributed by atoms with Gasteiger partial charge in [0.15, 0.2) is 5.84 Å². The van der Waals surface area contributed by atoms with Crippen molar-refractivity contribution >= 4 is 104 Å². The van der Waals surface area contributed by atoms with Gasteiger partial charge in [0.1, 0.15) is 11.2 Å². The molecule has 0 saturated carbocycles. The Morgan fingerprint density at radius 1 is 0.433 bits per heavy atom. The van der Waals surface area contributed by atoms with E-state index in [-0.39, 0.29) is 5.92 Å². The zero-order chi connectivity index (χ0) is 43.7. The van der Waals surface area contributed by atoms with Gasteiger partial charge < -0.3 is 13.6 Å². The van der Waals surface area contributed by atoms with Gasteiger partial charge in [-0.05, 0) is 82.1 Å². The van der Waals surface area contributed by atoms with Crippen LogP contribution in [0.3, 0.4) is 0 Å². The lowest BCUT2D eigenvalue weighted by molar-refractivity contribution is 0.669.